The highest BCUT2D eigenvalue weighted by Gasteiger charge is 2.46. The molecule has 29 nitrogen and oxygen atoms in total. The fraction of sp³-hybridized carbons (Fsp3) is 0.833. The first kappa shape index (κ1) is 93.4. The van der Waals surface area contributed by atoms with Gasteiger partial charge in [-0.25, -0.2) is 8.42 Å². The Bertz CT molecular complexity index is 3150. The smallest absolute Gasteiger partial charge is 0.248 e. The molecule has 30 heteroatoms. The predicted molar refractivity (Wildman–Crippen MR) is 413 cm³/mol. The van der Waals surface area contributed by atoms with Crippen LogP contribution in [-0.4, -0.2) is 271 Å². The summed E-state index contributed by atoms with van der Waals surface area (Å²) in [6.07, 6.45) is 9.51. The Morgan fingerprint density at radius 1 is 0.491 bits per heavy atom. The second-order valence-corrected chi connectivity index (χ2v) is 35.3. The topological polar surface area (TPSA) is 362 Å². The molecule has 616 valence electrons. The largest absolute Gasteiger partial charge is 0.391 e. The molecule has 0 spiro atoms. The molecule has 2 aliphatic heterocycles. The average molecular weight is 1550 g/mol. The van der Waals surface area contributed by atoms with Crippen LogP contribution < -0.4 is 26.0 Å². The van der Waals surface area contributed by atoms with Crippen molar-refractivity contribution in [2.75, 3.05) is 74.7 Å². The molecular weight excluding hydrogens is 1410 g/mol. The monoisotopic (exact) mass is 1540 g/mol. The Balaban J connectivity index is 2.06. The van der Waals surface area contributed by atoms with Gasteiger partial charge in [0.1, 0.15) is 60.4 Å². The summed E-state index contributed by atoms with van der Waals surface area (Å²) < 4.78 is 26.6. The molecule has 2 aliphatic carbocycles. The fourth-order valence-electron chi connectivity index (χ4n) is 15.7. The minimum absolute atomic E-state index is 0.00928. The molecule has 0 aromatic rings. The number of rotatable bonds is 22. The van der Waals surface area contributed by atoms with Crippen molar-refractivity contribution in [1.29, 1.82) is 0 Å². The molecular formula is C78H137N13O16S. The van der Waals surface area contributed by atoms with Crippen molar-refractivity contribution < 1.29 is 75.9 Å². The van der Waals surface area contributed by atoms with Gasteiger partial charge in [0.25, 0.3) is 0 Å². The number of unbranched alkanes of at least 4 members (excludes halogenated alkanes) is 1. The summed E-state index contributed by atoms with van der Waals surface area (Å²) in [4.78, 5) is 207. The number of hydrogen-bond acceptors (Lipinski definition) is 16. The van der Waals surface area contributed by atoms with Crippen molar-refractivity contribution in [3.63, 3.8) is 0 Å². The van der Waals surface area contributed by atoms with Crippen LogP contribution in [0.1, 0.15) is 237 Å². The van der Waals surface area contributed by atoms with Gasteiger partial charge in [0, 0.05) is 68.3 Å². The van der Waals surface area contributed by atoms with Crippen LogP contribution in [0.5, 0.6) is 0 Å². The minimum atomic E-state index is -4.11. The van der Waals surface area contributed by atoms with E-state index in [4.69, 9.17) is 0 Å². The summed E-state index contributed by atoms with van der Waals surface area (Å²) in [6.45, 7) is 21.2. The maximum atomic E-state index is 15.7. The number of likely N-dealkylation sites (tertiary alicyclic amines) is 1. The molecule has 4 rings (SSSR count). The summed E-state index contributed by atoms with van der Waals surface area (Å²) in [7, 11) is 4.40. The highest BCUT2D eigenvalue weighted by Crippen LogP contribution is 2.33. The first-order valence-electron chi connectivity index (χ1n) is 40.1. The lowest BCUT2D eigenvalue weighted by atomic mass is 9.83. The van der Waals surface area contributed by atoms with E-state index in [1.165, 1.54) is 68.8 Å². The van der Waals surface area contributed by atoms with Crippen LogP contribution in [0.3, 0.4) is 0 Å². The number of aliphatic hydroxyl groups excluding tert-OH is 1. The van der Waals surface area contributed by atoms with E-state index in [1.54, 1.807) is 32.6 Å². The zero-order valence-corrected chi connectivity index (χ0v) is 69.6. The highest BCUT2D eigenvalue weighted by molar-refractivity contribution is 7.89. The highest BCUT2D eigenvalue weighted by atomic mass is 32.2. The number of amides is 13. The van der Waals surface area contributed by atoms with Crippen LogP contribution >= 0.6 is 0 Å². The van der Waals surface area contributed by atoms with Gasteiger partial charge in [-0.3, -0.25) is 67.1 Å². The maximum absolute atomic E-state index is 15.7. The molecule has 4 aliphatic rings. The first-order chi connectivity index (χ1) is 50.5. The van der Waals surface area contributed by atoms with Crippen LogP contribution in [0.2, 0.25) is 0 Å². The Morgan fingerprint density at radius 2 is 0.926 bits per heavy atom. The molecule has 11 atom stereocenters. The van der Waals surface area contributed by atoms with Crippen molar-refractivity contribution >= 4 is 86.8 Å². The number of hydrogen-bond donors (Lipinski definition) is 6. The van der Waals surface area contributed by atoms with Gasteiger partial charge in [-0.15, -0.1) is 0 Å². The Labute approximate surface area is 644 Å². The van der Waals surface area contributed by atoms with E-state index in [0.717, 1.165) is 91.6 Å². The van der Waals surface area contributed by atoms with Crippen LogP contribution in [-0.2, 0) is 72.4 Å². The van der Waals surface area contributed by atoms with Crippen LogP contribution in [0.4, 0.5) is 0 Å². The average Bonchev–Trinajstić information content (AvgIpc) is 0.821. The molecule has 108 heavy (non-hydrogen) atoms. The molecule has 6 N–H and O–H groups in total. The number of nitrogens with one attached hydrogen (secondary N) is 5. The lowest BCUT2D eigenvalue weighted by Gasteiger charge is -2.40. The molecule has 1 unspecified atom stereocenters. The van der Waals surface area contributed by atoms with Gasteiger partial charge in [-0.05, 0) is 119 Å². The van der Waals surface area contributed by atoms with Gasteiger partial charge in [-0.1, -0.05) is 147 Å². The van der Waals surface area contributed by atoms with Crippen LogP contribution in [0, 0.1) is 41.4 Å². The van der Waals surface area contributed by atoms with Gasteiger partial charge < -0.3 is 65.6 Å². The Kier molecular flexibility index (Phi) is 38.2. The lowest BCUT2D eigenvalue weighted by molar-refractivity contribution is -0.152. The van der Waals surface area contributed by atoms with E-state index < -0.39 is 185 Å². The van der Waals surface area contributed by atoms with Crippen molar-refractivity contribution in [2.45, 2.75) is 304 Å². The number of aliphatic hydroxyl groups is 1. The Hall–Kier alpha value is -6.98. The SMILES string of the molecule is CCCCN1CC(=O)N(C)[C@@H](C(C)C)C(=O)N[C@H](C(=O)N2CCCCC2)CC(=O)N(C)[C@@H](CC(C)C)C(=O)NC(CCC(=O)NS(C)(=O)=O)C(=O)N(C)[C@@H](CC(C)C)C(=O)N(C)[C@@H](CC2CCCCC2)C(=O)N[C@@H](CC(C)C)C(=O)N(C)[C@@H](CC2CCCCC2)C(=O)N(C)[C@@H](CC(C)C)C(=O)N[C@@H]([C@@H](C)O)C1=O. The van der Waals surface area contributed by atoms with Gasteiger partial charge in [0.05, 0.1) is 25.3 Å². The third kappa shape index (κ3) is 28.4. The zero-order valence-electron chi connectivity index (χ0n) is 68.7. The number of likely N-dealkylation sites (N-methyl/N-ethyl adjacent to an activating group) is 6. The molecule has 0 bridgehead atoms. The van der Waals surface area contributed by atoms with Crippen molar-refractivity contribution in [2.24, 2.45) is 41.4 Å². The van der Waals surface area contributed by atoms with Gasteiger partial charge in [-0.2, -0.15) is 0 Å². The van der Waals surface area contributed by atoms with Crippen molar-refractivity contribution in [3.8, 4) is 0 Å². The third-order valence-corrected chi connectivity index (χ3v) is 22.6. The summed E-state index contributed by atoms with van der Waals surface area (Å²) in [6, 6.07) is -13.9. The van der Waals surface area contributed by atoms with E-state index in [9.17, 15) is 27.9 Å². The standard InChI is InChI=1S/C78H137N13O16S/c1-20-21-37-91-47-66(95)89(18)68(52(10)11)72(99)81-58(75(102)90-38-29-24-30-39-90)46-65(94)84(13)59(41-49(4)5)69(96)79-56(35-36-64(93)83-108(19,106)107)73(100)87(16)62(43-51(8)9)76(103)86(15)61(44-54-31-25-22-26-32-54)70(97)80-57(40-48(2)3)74(101)88(17)63(45-55-33-27-23-28-34-55)77(104)85(14)60(42-50(6)7)71(98)82-67(53(12)92)78(91)105/h48-63,67-68,92H,20-47H2,1-19H3,(H,79,96)(H,80,97)(H,81,99)(H,82,98)(H,83,93)/t53-,56?,57+,58+,59+,60+,61+,62+,63+,67+,68+/m1/s1. The van der Waals surface area contributed by atoms with Crippen molar-refractivity contribution in [1.82, 2.24) is 65.2 Å². The fourth-order valence-corrected chi connectivity index (χ4v) is 16.2. The van der Waals surface area contributed by atoms with E-state index in [0.29, 0.717) is 38.8 Å². The second-order valence-electron chi connectivity index (χ2n) is 33.5. The second kappa shape index (κ2) is 44.2. The van der Waals surface area contributed by atoms with Gasteiger partial charge >= 0.3 is 0 Å². The normalized spacial score (nSPS) is 26.4. The van der Waals surface area contributed by atoms with Crippen molar-refractivity contribution in [3.05, 3.63) is 0 Å². The summed E-state index contributed by atoms with van der Waals surface area (Å²) in [5, 5.41) is 22.9. The van der Waals surface area contributed by atoms with Crippen LogP contribution in [0.15, 0.2) is 0 Å². The molecule has 0 radical (unpaired) electrons. The quantitative estimate of drug-likeness (QED) is 0.0835. The minimum Gasteiger partial charge on any atom is -0.391 e. The lowest BCUT2D eigenvalue weighted by Crippen LogP contribution is -2.62. The molecule has 4 fully saturated rings. The van der Waals surface area contributed by atoms with Gasteiger partial charge in [0.2, 0.25) is 86.8 Å². The summed E-state index contributed by atoms with van der Waals surface area (Å²) >= 11 is 0. The first-order valence-corrected chi connectivity index (χ1v) is 42.0. The van der Waals surface area contributed by atoms with E-state index >= 15 is 47.9 Å². The third-order valence-electron chi connectivity index (χ3n) is 22.0. The maximum Gasteiger partial charge on any atom is 0.248 e. The number of sulfonamides is 1. The molecule has 2 heterocycles. The van der Waals surface area contributed by atoms with E-state index in [1.807, 2.05) is 53.2 Å². The number of piperidine rings is 1. The molecule has 2 saturated heterocycles. The predicted octanol–water partition coefficient (Wildman–Crippen LogP) is 4.95. The number of nitrogens with zero attached hydrogens (tertiary/aromatic N) is 8. The zero-order chi connectivity index (χ0) is 81.4. The molecule has 0 aromatic heterocycles. The molecule has 2 saturated carbocycles. The van der Waals surface area contributed by atoms with E-state index in [2.05, 4.69) is 21.3 Å². The molecule has 13 amide bonds. The Morgan fingerprint density at radius 3 is 1.43 bits per heavy atom. The number of carbonyl (C=O) groups excluding carboxylic acids is 13. The van der Waals surface area contributed by atoms with Gasteiger partial charge in [0.15, 0.2) is 0 Å². The number of carbonyl (C=O) groups is 13. The van der Waals surface area contributed by atoms with E-state index in [-0.39, 0.29) is 80.6 Å². The van der Waals surface area contributed by atoms with Crippen LogP contribution in [0.25, 0.3) is 0 Å². The summed E-state index contributed by atoms with van der Waals surface area (Å²) in [5.74, 6) is -11.6. The summed E-state index contributed by atoms with van der Waals surface area (Å²) in [5.41, 5.74) is 0. The molecule has 0 aromatic carbocycles.